The van der Waals surface area contributed by atoms with Crippen LogP contribution in [0.5, 0.6) is 0 Å². The van der Waals surface area contributed by atoms with Crippen LogP contribution in [0.4, 0.5) is 0 Å². The van der Waals surface area contributed by atoms with Gasteiger partial charge < -0.3 is 13.7 Å². The van der Waals surface area contributed by atoms with Crippen LogP contribution in [0.25, 0.3) is 17.4 Å². The van der Waals surface area contributed by atoms with Crippen molar-refractivity contribution < 1.29 is 22.0 Å². The molecule has 6 nitrogen and oxygen atoms in total. The molecule has 162 valence electrons. The van der Waals surface area contributed by atoms with E-state index in [1.165, 1.54) is 17.2 Å². The van der Waals surface area contributed by atoms with E-state index >= 15 is 0 Å². The molecule has 2 aromatic heterocycles. The number of amides is 1. The number of halogens is 2. The highest BCUT2D eigenvalue weighted by molar-refractivity contribution is 7.91. The van der Waals surface area contributed by atoms with Crippen molar-refractivity contribution in [2.45, 2.75) is 19.0 Å². The van der Waals surface area contributed by atoms with Crippen LogP contribution in [-0.4, -0.2) is 36.8 Å². The molecule has 9 heteroatoms. The topological polar surface area (TPSA) is 80.7 Å². The van der Waals surface area contributed by atoms with Gasteiger partial charge in [0.1, 0.15) is 17.3 Å². The van der Waals surface area contributed by atoms with Gasteiger partial charge >= 0.3 is 0 Å². The summed E-state index contributed by atoms with van der Waals surface area (Å²) in [6, 6.07) is 11.6. The van der Waals surface area contributed by atoms with Crippen LogP contribution in [0.15, 0.2) is 63.6 Å². The largest absolute Gasteiger partial charge is 0.465 e. The predicted octanol–water partition coefficient (Wildman–Crippen LogP) is 5.08. The number of rotatable bonds is 6. The molecular weight excluding hydrogens is 461 g/mol. The molecule has 1 aliphatic rings. The molecule has 31 heavy (non-hydrogen) atoms. The van der Waals surface area contributed by atoms with Gasteiger partial charge in [-0.05, 0) is 55.0 Å². The smallest absolute Gasteiger partial charge is 0.247 e. The third-order valence-electron chi connectivity index (χ3n) is 5.05. The molecule has 1 saturated heterocycles. The Labute approximate surface area is 190 Å². The highest BCUT2D eigenvalue weighted by Crippen LogP contribution is 2.32. The zero-order valence-electron chi connectivity index (χ0n) is 16.3. The Bertz CT molecular complexity index is 1210. The van der Waals surface area contributed by atoms with Crippen molar-refractivity contribution in [3.63, 3.8) is 0 Å². The van der Waals surface area contributed by atoms with Gasteiger partial charge in [0.05, 0.1) is 29.3 Å². The van der Waals surface area contributed by atoms with Crippen molar-refractivity contribution in [3.05, 3.63) is 76.4 Å². The van der Waals surface area contributed by atoms with Gasteiger partial charge in [0.15, 0.2) is 9.84 Å². The monoisotopic (exact) mass is 479 g/mol. The van der Waals surface area contributed by atoms with E-state index in [-0.39, 0.29) is 24.0 Å². The normalized spacial score (nSPS) is 17.9. The van der Waals surface area contributed by atoms with E-state index in [1.807, 2.05) is 0 Å². The number of carbonyl (C=O) groups is 1. The minimum Gasteiger partial charge on any atom is -0.465 e. The first-order chi connectivity index (χ1) is 14.8. The molecule has 1 atom stereocenters. The molecule has 0 aliphatic carbocycles. The summed E-state index contributed by atoms with van der Waals surface area (Å²) in [5.41, 5.74) is 0.638. The van der Waals surface area contributed by atoms with Crippen molar-refractivity contribution >= 4 is 45.0 Å². The third kappa shape index (κ3) is 5.23. The number of sulfone groups is 1. The summed E-state index contributed by atoms with van der Waals surface area (Å²) >= 11 is 12.3. The Balaban J connectivity index is 1.58. The molecule has 0 bridgehead atoms. The van der Waals surface area contributed by atoms with Gasteiger partial charge in [-0.3, -0.25) is 4.79 Å². The number of hydrogen-bond donors (Lipinski definition) is 0. The van der Waals surface area contributed by atoms with Crippen molar-refractivity contribution in [2.75, 3.05) is 11.5 Å². The van der Waals surface area contributed by atoms with Gasteiger partial charge in [-0.15, -0.1) is 0 Å². The van der Waals surface area contributed by atoms with Crippen LogP contribution in [0.2, 0.25) is 10.0 Å². The average molecular weight is 480 g/mol. The number of nitrogens with zero attached hydrogens (tertiary/aromatic N) is 1. The molecule has 0 spiro atoms. The fraction of sp³-hybridized carbons (Fsp3) is 0.227. The fourth-order valence-electron chi connectivity index (χ4n) is 3.51. The van der Waals surface area contributed by atoms with Crippen molar-refractivity contribution in [1.82, 2.24) is 4.90 Å². The summed E-state index contributed by atoms with van der Waals surface area (Å²) in [7, 11) is -3.17. The third-order valence-corrected chi connectivity index (χ3v) is 7.36. The maximum Gasteiger partial charge on any atom is 0.247 e. The van der Waals surface area contributed by atoms with Crippen molar-refractivity contribution in [3.8, 4) is 11.3 Å². The molecule has 0 saturated carbocycles. The molecule has 0 unspecified atom stereocenters. The first-order valence-electron chi connectivity index (χ1n) is 9.57. The lowest BCUT2D eigenvalue weighted by Gasteiger charge is -2.26. The van der Waals surface area contributed by atoms with Crippen LogP contribution < -0.4 is 0 Å². The van der Waals surface area contributed by atoms with Gasteiger partial charge in [-0.25, -0.2) is 8.42 Å². The lowest BCUT2D eigenvalue weighted by molar-refractivity contribution is -0.128. The number of hydrogen-bond acceptors (Lipinski definition) is 5. The average Bonchev–Trinajstić information content (AvgIpc) is 3.47. The first kappa shape index (κ1) is 21.7. The van der Waals surface area contributed by atoms with E-state index in [1.54, 1.807) is 48.5 Å². The lowest BCUT2D eigenvalue weighted by atomic mass is 10.2. The summed E-state index contributed by atoms with van der Waals surface area (Å²) in [5, 5.41) is 1.01. The quantitative estimate of drug-likeness (QED) is 0.460. The minimum atomic E-state index is -3.17. The summed E-state index contributed by atoms with van der Waals surface area (Å²) in [6.07, 6.45) is 4.83. The van der Waals surface area contributed by atoms with E-state index in [4.69, 9.17) is 32.0 Å². The summed E-state index contributed by atoms with van der Waals surface area (Å²) in [5.74, 6) is 1.22. The molecule has 0 radical (unpaired) electrons. The number of carbonyl (C=O) groups excluding carboxylic acids is 1. The van der Waals surface area contributed by atoms with Crippen LogP contribution in [0, 0.1) is 0 Å². The maximum atomic E-state index is 12.9. The Morgan fingerprint density at radius 2 is 2.03 bits per heavy atom. The first-order valence-corrected chi connectivity index (χ1v) is 12.2. The van der Waals surface area contributed by atoms with Crippen LogP contribution >= 0.6 is 23.2 Å². The van der Waals surface area contributed by atoms with E-state index < -0.39 is 15.9 Å². The molecular formula is C22H19Cl2NO5S. The molecule has 1 aromatic carbocycles. The van der Waals surface area contributed by atoms with Gasteiger partial charge in [-0.1, -0.05) is 23.2 Å². The summed E-state index contributed by atoms with van der Waals surface area (Å²) in [4.78, 5) is 14.5. The highest BCUT2D eigenvalue weighted by atomic mass is 35.5. The number of furan rings is 2. The lowest BCUT2D eigenvalue weighted by Crippen LogP contribution is -2.39. The van der Waals surface area contributed by atoms with E-state index in [0.29, 0.717) is 39.3 Å². The second-order valence-electron chi connectivity index (χ2n) is 7.26. The van der Waals surface area contributed by atoms with Gasteiger partial charge in [0, 0.05) is 22.7 Å². The molecule has 3 aromatic rings. The zero-order chi connectivity index (χ0) is 22.0. The Hall–Kier alpha value is -2.48. The molecule has 1 fully saturated rings. The van der Waals surface area contributed by atoms with Gasteiger partial charge in [0.25, 0.3) is 0 Å². The van der Waals surface area contributed by atoms with Crippen molar-refractivity contribution in [1.29, 1.82) is 0 Å². The SMILES string of the molecule is O=C(/C=C/c1ccco1)N(Cc1ccc(-c2cc(Cl)ccc2Cl)o1)[C@H]1CCS(=O)(=O)C1. The summed E-state index contributed by atoms with van der Waals surface area (Å²) < 4.78 is 35.1. The van der Waals surface area contributed by atoms with Crippen LogP contribution in [-0.2, 0) is 21.2 Å². The highest BCUT2D eigenvalue weighted by Gasteiger charge is 2.34. The standard InChI is InChI=1S/C22H19Cl2NO5S/c23-15-3-6-20(24)19(12-15)21-7-4-18(30-21)13-25(16-9-11-31(27,28)14-16)22(26)8-5-17-2-1-10-29-17/h1-8,10,12,16H,9,11,13-14H2/b8-5+/t16-/m0/s1. The second-order valence-corrected chi connectivity index (χ2v) is 10.3. The Kier molecular flexibility index (Phi) is 6.27. The Morgan fingerprint density at radius 3 is 2.74 bits per heavy atom. The van der Waals surface area contributed by atoms with Gasteiger partial charge in [-0.2, -0.15) is 0 Å². The Morgan fingerprint density at radius 1 is 1.19 bits per heavy atom. The predicted molar refractivity (Wildman–Crippen MR) is 120 cm³/mol. The fourth-order valence-corrected chi connectivity index (χ4v) is 5.62. The van der Waals surface area contributed by atoms with Crippen LogP contribution in [0.3, 0.4) is 0 Å². The molecule has 0 N–H and O–H groups in total. The molecule has 1 amide bonds. The molecule has 3 heterocycles. The van der Waals surface area contributed by atoms with Crippen LogP contribution in [0.1, 0.15) is 17.9 Å². The van der Waals surface area contributed by atoms with Gasteiger partial charge in [0.2, 0.25) is 5.91 Å². The number of benzene rings is 1. The van der Waals surface area contributed by atoms with E-state index in [0.717, 1.165) is 0 Å². The minimum absolute atomic E-state index is 0.0604. The molecule has 4 rings (SSSR count). The van der Waals surface area contributed by atoms with E-state index in [9.17, 15) is 13.2 Å². The zero-order valence-corrected chi connectivity index (χ0v) is 18.7. The maximum absolute atomic E-state index is 12.9. The second kappa shape index (κ2) is 8.94. The van der Waals surface area contributed by atoms with E-state index in [2.05, 4.69) is 0 Å². The summed E-state index contributed by atoms with van der Waals surface area (Å²) in [6.45, 7) is 0.125. The van der Waals surface area contributed by atoms with Crippen molar-refractivity contribution in [2.24, 2.45) is 0 Å². The molecule has 1 aliphatic heterocycles.